The van der Waals surface area contributed by atoms with Crippen molar-refractivity contribution in [2.45, 2.75) is 38.2 Å². The minimum absolute atomic E-state index is 0.0250. The van der Waals surface area contributed by atoms with E-state index in [0.29, 0.717) is 12.5 Å². The lowest BCUT2D eigenvalue weighted by Crippen LogP contribution is -2.47. The minimum Gasteiger partial charge on any atom is -0.391 e. The van der Waals surface area contributed by atoms with Gasteiger partial charge in [0.25, 0.3) is 0 Å². The van der Waals surface area contributed by atoms with Crippen LogP contribution in [-0.2, 0) is 0 Å². The van der Waals surface area contributed by atoms with Crippen molar-refractivity contribution in [1.29, 1.82) is 0 Å². The van der Waals surface area contributed by atoms with E-state index in [1.165, 1.54) is 18.5 Å². The van der Waals surface area contributed by atoms with Gasteiger partial charge in [-0.25, -0.2) is 4.79 Å². The van der Waals surface area contributed by atoms with Gasteiger partial charge in [0.15, 0.2) is 0 Å². The van der Waals surface area contributed by atoms with Gasteiger partial charge in [-0.05, 0) is 50.2 Å². The van der Waals surface area contributed by atoms with E-state index in [2.05, 4.69) is 27.3 Å². The Balaban J connectivity index is 1.34. The quantitative estimate of drug-likeness (QED) is 0.883. The standard InChI is InChI=1S/C18H28N4O2/c23-17-2-1-11-22(14-17)18(24)20-10-3-15-6-12-21(13-7-15)16-4-8-19-9-5-16/h4-5,8-9,15,17,23H,1-3,6-7,10-14H2,(H,20,24). The van der Waals surface area contributed by atoms with E-state index in [0.717, 1.165) is 45.4 Å². The SMILES string of the molecule is O=C(NCCC1CCN(c2ccncc2)CC1)N1CCCC(O)C1. The molecule has 0 radical (unpaired) electrons. The second-order valence-corrected chi connectivity index (χ2v) is 6.90. The first-order valence-corrected chi connectivity index (χ1v) is 9.08. The van der Waals surface area contributed by atoms with Gasteiger partial charge in [0.05, 0.1) is 6.10 Å². The number of hydrogen-bond donors (Lipinski definition) is 2. The summed E-state index contributed by atoms with van der Waals surface area (Å²) in [5, 5.41) is 12.7. The van der Waals surface area contributed by atoms with Gasteiger partial charge in [0, 0.05) is 50.8 Å². The molecule has 0 aromatic carbocycles. The van der Waals surface area contributed by atoms with Crippen molar-refractivity contribution < 1.29 is 9.90 Å². The molecule has 2 aliphatic heterocycles. The molecule has 2 N–H and O–H groups in total. The van der Waals surface area contributed by atoms with Crippen molar-refractivity contribution in [3.8, 4) is 0 Å². The van der Waals surface area contributed by atoms with Crippen LogP contribution in [0.1, 0.15) is 32.1 Å². The van der Waals surface area contributed by atoms with Crippen LogP contribution in [-0.4, -0.2) is 59.8 Å². The fraction of sp³-hybridized carbons (Fsp3) is 0.667. The largest absolute Gasteiger partial charge is 0.391 e. The van der Waals surface area contributed by atoms with Crippen LogP contribution < -0.4 is 10.2 Å². The van der Waals surface area contributed by atoms with Gasteiger partial charge in [-0.1, -0.05) is 0 Å². The van der Waals surface area contributed by atoms with Crippen molar-refractivity contribution in [2.24, 2.45) is 5.92 Å². The molecule has 2 saturated heterocycles. The number of rotatable bonds is 4. The first-order chi connectivity index (χ1) is 11.7. The van der Waals surface area contributed by atoms with Crippen LogP contribution in [0.5, 0.6) is 0 Å². The molecule has 6 nitrogen and oxygen atoms in total. The highest BCUT2D eigenvalue weighted by atomic mass is 16.3. The third kappa shape index (κ3) is 4.60. The van der Waals surface area contributed by atoms with Gasteiger partial charge in [0.2, 0.25) is 0 Å². The highest BCUT2D eigenvalue weighted by Crippen LogP contribution is 2.24. The Morgan fingerprint density at radius 1 is 1.21 bits per heavy atom. The number of carbonyl (C=O) groups is 1. The molecule has 0 bridgehead atoms. The Bertz CT molecular complexity index is 517. The van der Waals surface area contributed by atoms with E-state index >= 15 is 0 Å². The Kier molecular flexibility index (Phi) is 5.91. The second-order valence-electron chi connectivity index (χ2n) is 6.90. The number of amides is 2. The molecule has 0 spiro atoms. The van der Waals surface area contributed by atoms with Crippen LogP contribution in [0.4, 0.5) is 10.5 Å². The molecule has 24 heavy (non-hydrogen) atoms. The number of urea groups is 1. The monoisotopic (exact) mass is 332 g/mol. The lowest BCUT2D eigenvalue weighted by Gasteiger charge is -2.34. The predicted octanol–water partition coefficient (Wildman–Crippen LogP) is 1.85. The fourth-order valence-electron chi connectivity index (χ4n) is 3.67. The van der Waals surface area contributed by atoms with Gasteiger partial charge in [0.1, 0.15) is 0 Å². The first kappa shape index (κ1) is 17.0. The van der Waals surface area contributed by atoms with E-state index in [1.807, 2.05) is 12.4 Å². The Morgan fingerprint density at radius 2 is 1.96 bits per heavy atom. The number of nitrogens with zero attached hydrogens (tertiary/aromatic N) is 3. The van der Waals surface area contributed by atoms with Gasteiger partial charge >= 0.3 is 6.03 Å². The molecule has 1 aromatic heterocycles. The molecule has 132 valence electrons. The lowest BCUT2D eigenvalue weighted by molar-refractivity contribution is 0.0841. The molecule has 1 atom stereocenters. The summed E-state index contributed by atoms with van der Waals surface area (Å²) >= 11 is 0. The number of hydrogen-bond acceptors (Lipinski definition) is 4. The smallest absolute Gasteiger partial charge is 0.317 e. The first-order valence-electron chi connectivity index (χ1n) is 9.08. The number of anilines is 1. The van der Waals surface area contributed by atoms with Gasteiger partial charge in [-0.15, -0.1) is 0 Å². The van der Waals surface area contributed by atoms with Crippen LogP contribution in [0.25, 0.3) is 0 Å². The molecular weight excluding hydrogens is 304 g/mol. The van der Waals surface area contributed by atoms with Crippen LogP contribution >= 0.6 is 0 Å². The molecule has 3 heterocycles. The summed E-state index contributed by atoms with van der Waals surface area (Å²) in [7, 11) is 0. The van der Waals surface area contributed by atoms with Crippen LogP contribution in [0.3, 0.4) is 0 Å². The number of piperidine rings is 2. The third-order valence-corrected chi connectivity index (χ3v) is 5.15. The number of β-amino-alcohol motifs (C(OH)–C–C–N with tert-alkyl or cyclic N) is 1. The molecule has 6 heteroatoms. The molecule has 2 fully saturated rings. The van der Waals surface area contributed by atoms with E-state index in [9.17, 15) is 9.90 Å². The second kappa shape index (κ2) is 8.33. The number of aliphatic hydroxyl groups excluding tert-OH is 1. The number of likely N-dealkylation sites (tertiary alicyclic amines) is 1. The summed E-state index contributed by atoms with van der Waals surface area (Å²) in [4.78, 5) is 20.3. The van der Waals surface area contributed by atoms with Gasteiger partial charge in [-0.3, -0.25) is 4.98 Å². The molecule has 2 amide bonds. The Labute approximate surface area is 143 Å². The lowest BCUT2D eigenvalue weighted by atomic mass is 9.93. The summed E-state index contributed by atoms with van der Waals surface area (Å²) in [5.74, 6) is 0.676. The zero-order valence-electron chi connectivity index (χ0n) is 14.2. The summed E-state index contributed by atoms with van der Waals surface area (Å²) in [5.41, 5.74) is 1.25. The van der Waals surface area contributed by atoms with Gasteiger partial charge < -0.3 is 20.2 Å². The van der Waals surface area contributed by atoms with E-state index in [4.69, 9.17) is 0 Å². The molecular formula is C18H28N4O2. The molecule has 0 aliphatic carbocycles. The summed E-state index contributed by atoms with van der Waals surface area (Å²) in [6, 6.07) is 4.10. The van der Waals surface area contributed by atoms with Crippen LogP contribution in [0.2, 0.25) is 0 Å². The van der Waals surface area contributed by atoms with Crippen LogP contribution in [0, 0.1) is 5.92 Å². The maximum atomic E-state index is 12.1. The van der Waals surface area contributed by atoms with E-state index in [1.54, 1.807) is 4.90 Å². The van der Waals surface area contributed by atoms with E-state index in [-0.39, 0.29) is 12.1 Å². The van der Waals surface area contributed by atoms with Crippen molar-refractivity contribution in [3.05, 3.63) is 24.5 Å². The third-order valence-electron chi connectivity index (χ3n) is 5.15. The molecule has 1 aromatic rings. The maximum absolute atomic E-state index is 12.1. The van der Waals surface area contributed by atoms with Crippen molar-refractivity contribution >= 4 is 11.7 Å². The highest BCUT2D eigenvalue weighted by Gasteiger charge is 2.23. The summed E-state index contributed by atoms with van der Waals surface area (Å²) < 4.78 is 0. The fourth-order valence-corrected chi connectivity index (χ4v) is 3.67. The number of pyridine rings is 1. The predicted molar refractivity (Wildman–Crippen MR) is 94.0 cm³/mol. The average Bonchev–Trinajstić information content (AvgIpc) is 2.63. The van der Waals surface area contributed by atoms with Crippen molar-refractivity contribution in [1.82, 2.24) is 15.2 Å². The number of carbonyl (C=O) groups excluding carboxylic acids is 1. The maximum Gasteiger partial charge on any atom is 0.317 e. The zero-order valence-corrected chi connectivity index (χ0v) is 14.2. The average molecular weight is 332 g/mol. The Hall–Kier alpha value is -1.82. The number of nitrogens with one attached hydrogen (secondary N) is 1. The molecule has 1 unspecified atom stereocenters. The molecule has 2 aliphatic rings. The van der Waals surface area contributed by atoms with Crippen molar-refractivity contribution in [3.63, 3.8) is 0 Å². The highest BCUT2D eigenvalue weighted by molar-refractivity contribution is 5.74. The topological polar surface area (TPSA) is 68.7 Å². The number of aromatic nitrogens is 1. The number of aliphatic hydroxyl groups is 1. The summed E-state index contributed by atoms with van der Waals surface area (Å²) in [6.45, 7) is 4.09. The molecule has 3 rings (SSSR count). The normalized spacial score (nSPS) is 22.5. The van der Waals surface area contributed by atoms with Crippen LogP contribution in [0.15, 0.2) is 24.5 Å². The molecule has 0 saturated carbocycles. The minimum atomic E-state index is -0.359. The van der Waals surface area contributed by atoms with E-state index < -0.39 is 0 Å². The van der Waals surface area contributed by atoms with Crippen molar-refractivity contribution in [2.75, 3.05) is 37.6 Å². The Morgan fingerprint density at radius 3 is 2.67 bits per heavy atom. The zero-order chi connectivity index (χ0) is 16.8. The summed E-state index contributed by atoms with van der Waals surface area (Å²) in [6.07, 6.45) is 8.39. The van der Waals surface area contributed by atoms with Gasteiger partial charge in [-0.2, -0.15) is 0 Å².